The highest BCUT2D eigenvalue weighted by atomic mass is 16.5. The van der Waals surface area contributed by atoms with Gasteiger partial charge in [-0.25, -0.2) is 4.98 Å². The maximum absolute atomic E-state index is 12.7. The van der Waals surface area contributed by atoms with Crippen molar-refractivity contribution in [3.63, 3.8) is 0 Å². The third kappa shape index (κ3) is 4.11. The Morgan fingerprint density at radius 1 is 1.44 bits per heavy atom. The molecule has 7 heteroatoms. The van der Waals surface area contributed by atoms with E-state index in [1.165, 1.54) is 6.20 Å². The standard InChI is InChI=1S/C18H22N4O3/c1-2-9-25-14-6-4-8-22(12-14)18(24)15-11-20-16(21-17(15)23)13-5-3-7-19-10-13/h3,5,7,10-11,14H,2,4,6,8-9,12H2,1H3,(H,20,21,23)/t14-/m0/s1. The van der Waals surface area contributed by atoms with Gasteiger partial charge in [0.05, 0.1) is 6.10 Å². The summed E-state index contributed by atoms with van der Waals surface area (Å²) in [6.45, 7) is 3.90. The summed E-state index contributed by atoms with van der Waals surface area (Å²) in [5.74, 6) is 0.105. The van der Waals surface area contributed by atoms with Crippen LogP contribution in [0.2, 0.25) is 0 Å². The predicted molar refractivity (Wildman–Crippen MR) is 93.3 cm³/mol. The fourth-order valence-electron chi connectivity index (χ4n) is 2.91. The Morgan fingerprint density at radius 2 is 2.32 bits per heavy atom. The van der Waals surface area contributed by atoms with Crippen molar-refractivity contribution in [2.24, 2.45) is 0 Å². The summed E-state index contributed by atoms with van der Waals surface area (Å²) in [6.07, 6.45) is 7.41. The van der Waals surface area contributed by atoms with Crippen LogP contribution in [0.15, 0.2) is 35.5 Å². The van der Waals surface area contributed by atoms with Gasteiger partial charge in [-0.3, -0.25) is 14.6 Å². The third-order valence-corrected chi connectivity index (χ3v) is 4.19. The van der Waals surface area contributed by atoms with E-state index in [-0.39, 0.29) is 17.6 Å². The number of ether oxygens (including phenoxy) is 1. The second-order valence-corrected chi connectivity index (χ2v) is 6.10. The molecule has 1 atom stereocenters. The molecule has 3 heterocycles. The Hall–Kier alpha value is -2.54. The van der Waals surface area contributed by atoms with E-state index >= 15 is 0 Å². The van der Waals surface area contributed by atoms with Crippen LogP contribution in [0.25, 0.3) is 11.4 Å². The van der Waals surface area contributed by atoms with E-state index in [1.807, 2.05) is 0 Å². The summed E-state index contributed by atoms with van der Waals surface area (Å²) in [5, 5.41) is 0. The van der Waals surface area contributed by atoms with Crippen LogP contribution in [0, 0.1) is 0 Å². The van der Waals surface area contributed by atoms with Gasteiger partial charge in [-0.15, -0.1) is 0 Å². The van der Waals surface area contributed by atoms with Gasteiger partial charge in [-0.2, -0.15) is 0 Å². The lowest BCUT2D eigenvalue weighted by atomic mass is 10.1. The minimum Gasteiger partial charge on any atom is -0.376 e. The number of aromatic amines is 1. The molecule has 0 aliphatic carbocycles. The van der Waals surface area contributed by atoms with Gasteiger partial charge in [-0.05, 0) is 31.4 Å². The number of likely N-dealkylation sites (tertiary alicyclic amines) is 1. The van der Waals surface area contributed by atoms with Crippen molar-refractivity contribution in [2.75, 3.05) is 19.7 Å². The molecule has 0 spiro atoms. The molecule has 7 nitrogen and oxygen atoms in total. The molecular formula is C18H22N4O3. The molecule has 1 saturated heterocycles. The van der Waals surface area contributed by atoms with Crippen molar-refractivity contribution in [3.05, 3.63) is 46.6 Å². The van der Waals surface area contributed by atoms with Crippen LogP contribution in [-0.2, 0) is 4.74 Å². The van der Waals surface area contributed by atoms with Crippen LogP contribution < -0.4 is 5.56 Å². The number of rotatable bonds is 5. The number of amides is 1. The first kappa shape index (κ1) is 17.3. The van der Waals surface area contributed by atoms with E-state index in [1.54, 1.807) is 29.4 Å². The number of carbonyl (C=O) groups excluding carboxylic acids is 1. The van der Waals surface area contributed by atoms with Crippen LogP contribution in [0.3, 0.4) is 0 Å². The number of pyridine rings is 1. The van der Waals surface area contributed by atoms with Gasteiger partial charge in [-0.1, -0.05) is 6.92 Å². The van der Waals surface area contributed by atoms with Gasteiger partial charge >= 0.3 is 0 Å². The third-order valence-electron chi connectivity index (χ3n) is 4.19. The van der Waals surface area contributed by atoms with Crippen molar-refractivity contribution in [2.45, 2.75) is 32.3 Å². The first-order valence-corrected chi connectivity index (χ1v) is 8.59. The van der Waals surface area contributed by atoms with Crippen LogP contribution in [0.1, 0.15) is 36.5 Å². The summed E-state index contributed by atoms with van der Waals surface area (Å²) in [6, 6.07) is 3.56. The number of hydrogen-bond acceptors (Lipinski definition) is 5. The Bertz CT molecular complexity index is 775. The molecular weight excluding hydrogens is 320 g/mol. The summed E-state index contributed by atoms with van der Waals surface area (Å²) < 4.78 is 5.75. The van der Waals surface area contributed by atoms with Crippen LogP contribution in [-0.4, -0.2) is 51.6 Å². The summed E-state index contributed by atoms with van der Waals surface area (Å²) >= 11 is 0. The second kappa shape index (κ2) is 8.02. The zero-order valence-electron chi connectivity index (χ0n) is 14.3. The van der Waals surface area contributed by atoms with E-state index < -0.39 is 5.56 Å². The molecule has 0 radical (unpaired) electrons. The first-order valence-electron chi connectivity index (χ1n) is 8.59. The lowest BCUT2D eigenvalue weighted by molar-refractivity contribution is 0.00204. The lowest BCUT2D eigenvalue weighted by Gasteiger charge is -2.32. The van der Waals surface area contributed by atoms with Crippen molar-refractivity contribution >= 4 is 5.91 Å². The SMILES string of the molecule is CCCO[C@H]1CCCN(C(=O)c2cnc(-c3cccnc3)[nH]c2=O)C1. The first-order chi connectivity index (χ1) is 12.2. The Kier molecular flexibility index (Phi) is 5.55. The smallest absolute Gasteiger partial charge is 0.264 e. The molecule has 132 valence electrons. The van der Waals surface area contributed by atoms with Gasteiger partial charge in [0.15, 0.2) is 0 Å². The molecule has 2 aromatic heterocycles. The molecule has 25 heavy (non-hydrogen) atoms. The van der Waals surface area contributed by atoms with E-state index in [9.17, 15) is 9.59 Å². The summed E-state index contributed by atoms with van der Waals surface area (Å²) in [4.78, 5) is 37.6. The monoisotopic (exact) mass is 342 g/mol. The number of carbonyl (C=O) groups is 1. The molecule has 1 amide bonds. The normalized spacial score (nSPS) is 17.5. The zero-order valence-corrected chi connectivity index (χ0v) is 14.3. The number of H-pyrrole nitrogens is 1. The fraction of sp³-hybridized carbons (Fsp3) is 0.444. The minimum atomic E-state index is -0.435. The Morgan fingerprint density at radius 3 is 3.04 bits per heavy atom. The van der Waals surface area contributed by atoms with Crippen molar-refractivity contribution in [1.82, 2.24) is 19.9 Å². The lowest BCUT2D eigenvalue weighted by Crippen LogP contribution is -2.44. The highest BCUT2D eigenvalue weighted by molar-refractivity contribution is 5.93. The maximum atomic E-state index is 12.7. The van der Waals surface area contributed by atoms with Gasteiger partial charge in [0.1, 0.15) is 11.4 Å². The van der Waals surface area contributed by atoms with E-state index in [4.69, 9.17) is 4.74 Å². The van der Waals surface area contributed by atoms with Crippen molar-refractivity contribution < 1.29 is 9.53 Å². The number of aromatic nitrogens is 3. The van der Waals surface area contributed by atoms with Crippen molar-refractivity contribution in [1.29, 1.82) is 0 Å². The predicted octanol–water partition coefficient (Wildman–Crippen LogP) is 1.86. The number of nitrogens with zero attached hydrogens (tertiary/aromatic N) is 3. The molecule has 0 bridgehead atoms. The van der Waals surface area contributed by atoms with E-state index in [2.05, 4.69) is 21.9 Å². The number of hydrogen-bond donors (Lipinski definition) is 1. The van der Waals surface area contributed by atoms with Crippen LogP contribution >= 0.6 is 0 Å². The summed E-state index contributed by atoms with van der Waals surface area (Å²) in [7, 11) is 0. The highest BCUT2D eigenvalue weighted by Gasteiger charge is 2.26. The Labute approximate surface area is 146 Å². The van der Waals surface area contributed by atoms with E-state index in [0.29, 0.717) is 31.1 Å². The topological polar surface area (TPSA) is 88.2 Å². The molecule has 2 aromatic rings. The molecule has 0 aromatic carbocycles. The largest absolute Gasteiger partial charge is 0.376 e. The van der Waals surface area contributed by atoms with Gasteiger partial charge in [0, 0.05) is 43.9 Å². The molecule has 1 aliphatic rings. The molecule has 1 fully saturated rings. The molecule has 0 unspecified atom stereocenters. The second-order valence-electron chi connectivity index (χ2n) is 6.10. The summed E-state index contributed by atoms with van der Waals surface area (Å²) in [5.41, 5.74) is 0.323. The maximum Gasteiger partial charge on any atom is 0.264 e. The zero-order chi connectivity index (χ0) is 17.6. The highest BCUT2D eigenvalue weighted by Crippen LogP contribution is 2.16. The number of nitrogens with one attached hydrogen (secondary N) is 1. The Balaban J connectivity index is 1.75. The quantitative estimate of drug-likeness (QED) is 0.896. The number of piperidine rings is 1. The fourth-order valence-corrected chi connectivity index (χ4v) is 2.91. The average Bonchev–Trinajstić information content (AvgIpc) is 2.66. The average molecular weight is 342 g/mol. The van der Waals surface area contributed by atoms with E-state index in [0.717, 1.165) is 19.3 Å². The molecule has 1 N–H and O–H groups in total. The van der Waals surface area contributed by atoms with Gasteiger partial charge < -0.3 is 14.6 Å². The molecule has 0 saturated carbocycles. The molecule has 1 aliphatic heterocycles. The van der Waals surface area contributed by atoms with Crippen LogP contribution in [0.5, 0.6) is 0 Å². The van der Waals surface area contributed by atoms with Crippen molar-refractivity contribution in [3.8, 4) is 11.4 Å². The van der Waals surface area contributed by atoms with Gasteiger partial charge in [0.25, 0.3) is 11.5 Å². The van der Waals surface area contributed by atoms with Gasteiger partial charge in [0.2, 0.25) is 0 Å². The minimum absolute atomic E-state index is 0.0411. The molecule has 3 rings (SSSR count). The van der Waals surface area contributed by atoms with Crippen LogP contribution in [0.4, 0.5) is 0 Å².